The Morgan fingerprint density at radius 2 is 1.88 bits per heavy atom. The van der Waals surface area contributed by atoms with Crippen molar-refractivity contribution in [3.8, 4) is 11.4 Å². The lowest BCUT2D eigenvalue weighted by Gasteiger charge is -2.31. The molecule has 7 heteroatoms. The molecule has 0 bridgehead atoms. The van der Waals surface area contributed by atoms with Gasteiger partial charge in [-0.25, -0.2) is 9.37 Å². The number of amides is 1. The molecule has 2 heterocycles. The summed E-state index contributed by atoms with van der Waals surface area (Å²) in [6.45, 7) is 0.717. The van der Waals surface area contributed by atoms with Crippen molar-refractivity contribution in [2.75, 3.05) is 11.4 Å². The zero-order valence-corrected chi connectivity index (χ0v) is 14.7. The smallest absolute Gasteiger partial charge is 0.240 e. The molecule has 0 aliphatic carbocycles. The molecule has 1 saturated heterocycles. The number of benzene rings is 2. The molecule has 5 nitrogen and oxygen atoms in total. The first-order valence-corrected chi connectivity index (χ1v) is 9.31. The van der Waals surface area contributed by atoms with Crippen molar-refractivity contribution in [1.82, 2.24) is 15.2 Å². The molecule has 1 aromatic heterocycles. The number of carbonyl (C=O) groups excluding carboxylic acids is 1. The highest BCUT2D eigenvalue weighted by Gasteiger charge is 2.31. The third kappa shape index (κ3) is 3.35. The summed E-state index contributed by atoms with van der Waals surface area (Å²) < 4.78 is 13.9. The first kappa shape index (κ1) is 16.8. The largest absolute Gasteiger partial charge is 0.311 e. The molecule has 0 spiro atoms. The third-order valence-corrected chi connectivity index (χ3v) is 5.41. The van der Waals surface area contributed by atoms with E-state index in [0.29, 0.717) is 23.1 Å². The van der Waals surface area contributed by atoms with Crippen molar-refractivity contribution in [2.45, 2.75) is 23.2 Å². The first-order valence-electron chi connectivity index (χ1n) is 8.43. The number of hydrogen-bond donors (Lipinski definition) is 1. The number of anilines is 1. The number of rotatable bonds is 4. The maximum atomic E-state index is 13.9. The summed E-state index contributed by atoms with van der Waals surface area (Å²) >= 11 is 1.33. The van der Waals surface area contributed by atoms with E-state index < -0.39 is 0 Å². The van der Waals surface area contributed by atoms with Crippen LogP contribution in [0.15, 0.2) is 59.8 Å². The van der Waals surface area contributed by atoms with Crippen LogP contribution in [0.5, 0.6) is 0 Å². The van der Waals surface area contributed by atoms with E-state index in [4.69, 9.17) is 0 Å². The van der Waals surface area contributed by atoms with Crippen LogP contribution in [0.1, 0.15) is 12.8 Å². The Bertz CT molecular complexity index is 915. The van der Waals surface area contributed by atoms with Gasteiger partial charge in [0.2, 0.25) is 11.1 Å². The topological polar surface area (TPSA) is 61.9 Å². The number of halogens is 1. The Kier molecular flexibility index (Phi) is 4.71. The predicted molar refractivity (Wildman–Crippen MR) is 99.5 cm³/mol. The Morgan fingerprint density at radius 1 is 1.12 bits per heavy atom. The fourth-order valence-electron chi connectivity index (χ4n) is 3.02. The standard InChI is InChI=1S/C19H17FN4OS/c20-15-10-5-4-9-14(15)17-21-19(23-22-17)26-16-11-6-12-24(18(16)25)13-7-2-1-3-8-13/h1-5,7-10,16H,6,11-12H2,(H,21,22,23). The lowest BCUT2D eigenvalue weighted by molar-refractivity contribution is -0.119. The molecule has 1 N–H and O–H groups in total. The summed E-state index contributed by atoms with van der Waals surface area (Å²) in [7, 11) is 0. The van der Waals surface area contributed by atoms with Crippen LogP contribution in [0.2, 0.25) is 0 Å². The van der Waals surface area contributed by atoms with E-state index >= 15 is 0 Å². The van der Waals surface area contributed by atoms with Crippen LogP contribution in [0.4, 0.5) is 10.1 Å². The van der Waals surface area contributed by atoms with Crippen LogP contribution >= 0.6 is 11.8 Å². The van der Waals surface area contributed by atoms with Gasteiger partial charge in [-0.1, -0.05) is 42.1 Å². The molecule has 0 saturated carbocycles. The van der Waals surface area contributed by atoms with Crippen LogP contribution in [0.3, 0.4) is 0 Å². The lowest BCUT2D eigenvalue weighted by Crippen LogP contribution is -2.43. The van der Waals surface area contributed by atoms with Gasteiger partial charge in [0.1, 0.15) is 5.82 Å². The number of para-hydroxylation sites is 1. The van der Waals surface area contributed by atoms with Gasteiger partial charge in [-0.2, -0.15) is 0 Å². The molecule has 26 heavy (non-hydrogen) atoms. The average molecular weight is 368 g/mol. The van der Waals surface area contributed by atoms with Crippen LogP contribution < -0.4 is 4.90 Å². The van der Waals surface area contributed by atoms with Gasteiger partial charge in [0.05, 0.1) is 10.8 Å². The second kappa shape index (κ2) is 7.29. The van der Waals surface area contributed by atoms with Crippen molar-refractivity contribution >= 4 is 23.4 Å². The highest BCUT2D eigenvalue weighted by molar-refractivity contribution is 8.00. The van der Waals surface area contributed by atoms with Crippen molar-refractivity contribution in [1.29, 1.82) is 0 Å². The second-order valence-corrected chi connectivity index (χ2v) is 7.19. The highest BCUT2D eigenvalue weighted by Crippen LogP contribution is 2.31. The molecule has 2 aromatic carbocycles. The van der Waals surface area contributed by atoms with Crippen LogP contribution in [-0.4, -0.2) is 32.9 Å². The van der Waals surface area contributed by atoms with Gasteiger partial charge in [0.25, 0.3) is 0 Å². The molecule has 1 unspecified atom stereocenters. The quantitative estimate of drug-likeness (QED) is 0.759. The van der Waals surface area contributed by atoms with Crippen molar-refractivity contribution < 1.29 is 9.18 Å². The Morgan fingerprint density at radius 3 is 2.69 bits per heavy atom. The molecule has 3 aromatic rings. The van der Waals surface area contributed by atoms with E-state index in [1.165, 1.54) is 17.8 Å². The summed E-state index contributed by atoms with van der Waals surface area (Å²) in [5.74, 6) is 0.0719. The minimum absolute atomic E-state index is 0.0599. The molecule has 0 radical (unpaired) electrons. The Hall–Kier alpha value is -2.67. The van der Waals surface area contributed by atoms with Gasteiger partial charge >= 0.3 is 0 Å². The first-order chi connectivity index (χ1) is 12.7. The van der Waals surface area contributed by atoms with Crippen molar-refractivity contribution in [3.63, 3.8) is 0 Å². The molecule has 4 rings (SSSR count). The number of H-pyrrole nitrogens is 1. The highest BCUT2D eigenvalue weighted by atomic mass is 32.2. The summed E-state index contributed by atoms with van der Waals surface area (Å²) in [5, 5.41) is 7.13. The fourth-order valence-corrected chi connectivity index (χ4v) is 4.03. The molecule has 1 aliphatic rings. The monoisotopic (exact) mass is 368 g/mol. The molecule has 1 amide bonds. The van der Waals surface area contributed by atoms with E-state index in [0.717, 1.165) is 18.5 Å². The Balaban J connectivity index is 1.51. The molecular weight excluding hydrogens is 351 g/mol. The number of hydrogen-bond acceptors (Lipinski definition) is 4. The van der Waals surface area contributed by atoms with Crippen LogP contribution in [0, 0.1) is 5.82 Å². The van der Waals surface area contributed by atoms with Gasteiger partial charge in [0.15, 0.2) is 5.82 Å². The zero-order valence-electron chi connectivity index (χ0n) is 13.9. The number of nitrogens with zero attached hydrogens (tertiary/aromatic N) is 3. The molecule has 1 fully saturated rings. The van der Waals surface area contributed by atoms with E-state index in [2.05, 4.69) is 15.2 Å². The van der Waals surface area contributed by atoms with Gasteiger partial charge in [0, 0.05) is 12.2 Å². The van der Waals surface area contributed by atoms with E-state index in [9.17, 15) is 9.18 Å². The predicted octanol–water partition coefficient (Wildman–Crippen LogP) is 3.90. The van der Waals surface area contributed by atoms with Gasteiger partial charge in [-0.3, -0.25) is 9.89 Å². The zero-order chi connectivity index (χ0) is 17.9. The van der Waals surface area contributed by atoms with E-state index in [1.807, 2.05) is 35.2 Å². The molecule has 1 aliphatic heterocycles. The summed E-state index contributed by atoms with van der Waals surface area (Å²) in [4.78, 5) is 19.0. The van der Waals surface area contributed by atoms with E-state index in [-0.39, 0.29) is 17.0 Å². The fraction of sp³-hybridized carbons (Fsp3) is 0.211. The van der Waals surface area contributed by atoms with Gasteiger partial charge < -0.3 is 4.90 Å². The van der Waals surface area contributed by atoms with E-state index in [1.54, 1.807) is 18.2 Å². The number of nitrogens with one attached hydrogen (secondary N) is 1. The molecule has 132 valence electrons. The third-order valence-electron chi connectivity index (χ3n) is 4.30. The molecule has 1 atom stereocenters. The maximum Gasteiger partial charge on any atom is 0.240 e. The van der Waals surface area contributed by atoms with Gasteiger partial charge in [-0.15, -0.1) is 5.10 Å². The number of carbonyl (C=O) groups is 1. The van der Waals surface area contributed by atoms with Crippen LogP contribution in [0.25, 0.3) is 11.4 Å². The molecular formula is C19H17FN4OS. The number of aromatic amines is 1. The minimum Gasteiger partial charge on any atom is -0.311 e. The summed E-state index contributed by atoms with van der Waals surface area (Å²) in [6, 6.07) is 16.1. The average Bonchev–Trinajstić information content (AvgIpc) is 3.13. The SMILES string of the molecule is O=C1C(Sc2n[nH]c(-c3ccccc3F)n2)CCCN1c1ccccc1. The summed E-state index contributed by atoms with van der Waals surface area (Å²) in [5.41, 5.74) is 1.28. The number of piperidine rings is 1. The number of aromatic nitrogens is 3. The normalized spacial score (nSPS) is 17.5. The number of thioether (sulfide) groups is 1. The second-order valence-electron chi connectivity index (χ2n) is 6.02. The lowest BCUT2D eigenvalue weighted by atomic mass is 10.1. The van der Waals surface area contributed by atoms with Gasteiger partial charge in [-0.05, 0) is 37.1 Å². The Labute approximate surface area is 154 Å². The van der Waals surface area contributed by atoms with Crippen LogP contribution in [-0.2, 0) is 4.79 Å². The summed E-state index contributed by atoms with van der Waals surface area (Å²) in [6.07, 6.45) is 1.69. The van der Waals surface area contributed by atoms with Crippen molar-refractivity contribution in [2.24, 2.45) is 0 Å². The minimum atomic E-state index is -0.357. The maximum absolute atomic E-state index is 13.9. The van der Waals surface area contributed by atoms with Crippen molar-refractivity contribution in [3.05, 3.63) is 60.4 Å².